The fourth-order valence-electron chi connectivity index (χ4n) is 3.97. The number of nitrogens with zero attached hydrogens (tertiary/aromatic N) is 2. The van der Waals surface area contributed by atoms with Gasteiger partial charge < -0.3 is 14.2 Å². The highest BCUT2D eigenvalue weighted by atomic mass is 35.5. The quantitative estimate of drug-likeness (QED) is 0.324. The number of halogens is 4. The van der Waals surface area contributed by atoms with Gasteiger partial charge in [-0.1, -0.05) is 41.1 Å². The highest BCUT2D eigenvalue weighted by molar-refractivity contribution is 7.07. The summed E-state index contributed by atoms with van der Waals surface area (Å²) in [6, 6.07) is 8.78. The lowest BCUT2D eigenvalue weighted by atomic mass is 9.95. The minimum absolute atomic E-state index is 0.0432. The van der Waals surface area contributed by atoms with E-state index in [2.05, 4.69) is 4.99 Å². The molecule has 1 atom stereocenters. The fourth-order valence-corrected chi connectivity index (χ4v) is 5.09. The third kappa shape index (κ3) is 5.76. The zero-order valence-corrected chi connectivity index (χ0v) is 22.2. The van der Waals surface area contributed by atoms with Gasteiger partial charge in [0, 0.05) is 11.9 Å². The number of ether oxygens (including phenoxy) is 3. The number of carbonyl (C=O) groups is 2. The van der Waals surface area contributed by atoms with Crippen LogP contribution in [0.1, 0.15) is 31.0 Å². The minimum atomic E-state index is -5.01. The second-order valence-electron chi connectivity index (χ2n) is 8.12. The van der Waals surface area contributed by atoms with E-state index in [1.165, 1.54) is 63.4 Å². The third-order valence-electron chi connectivity index (χ3n) is 5.52. The molecule has 0 amide bonds. The highest BCUT2D eigenvalue weighted by Gasteiger charge is 2.45. The molecule has 0 spiro atoms. The number of alkyl halides is 3. The van der Waals surface area contributed by atoms with Crippen molar-refractivity contribution in [3.63, 3.8) is 0 Å². The normalized spacial score (nSPS) is 15.5. The Morgan fingerprint density at radius 2 is 1.85 bits per heavy atom. The van der Waals surface area contributed by atoms with E-state index in [1.54, 1.807) is 6.07 Å². The zero-order chi connectivity index (χ0) is 28.5. The van der Waals surface area contributed by atoms with Crippen molar-refractivity contribution in [1.82, 2.24) is 4.57 Å². The molecule has 0 aliphatic carbocycles. The lowest BCUT2D eigenvalue weighted by molar-refractivity contribution is -0.140. The van der Waals surface area contributed by atoms with Crippen LogP contribution in [0.3, 0.4) is 0 Å². The molecule has 2 aromatic carbocycles. The molecule has 4 rings (SSSR count). The molecule has 1 aliphatic rings. The molecule has 0 fully saturated rings. The van der Waals surface area contributed by atoms with Crippen molar-refractivity contribution >= 4 is 41.0 Å². The molecular weight excluding hydrogens is 561 g/mol. The molecule has 0 saturated heterocycles. The van der Waals surface area contributed by atoms with Crippen LogP contribution in [0.4, 0.5) is 13.2 Å². The maximum Gasteiger partial charge on any atom is 0.434 e. The molecule has 3 aromatic rings. The number of allylic oxidation sites excluding steroid dienone is 1. The van der Waals surface area contributed by atoms with E-state index < -0.39 is 41.0 Å². The lowest BCUT2D eigenvalue weighted by Gasteiger charge is -2.26. The van der Waals surface area contributed by atoms with Crippen LogP contribution in [0.25, 0.3) is 6.08 Å². The Labute approximate surface area is 228 Å². The number of esters is 2. The molecule has 8 nitrogen and oxygen atoms in total. The maximum atomic E-state index is 14.2. The van der Waals surface area contributed by atoms with Gasteiger partial charge in [-0.25, -0.2) is 9.79 Å². The number of methoxy groups -OCH3 is 1. The van der Waals surface area contributed by atoms with Crippen molar-refractivity contribution in [1.29, 1.82) is 0 Å². The van der Waals surface area contributed by atoms with E-state index in [1.807, 2.05) is 0 Å². The number of aromatic nitrogens is 1. The van der Waals surface area contributed by atoms with E-state index in [0.717, 1.165) is 15.9 Å². The number of hydrogen-bond acceptors (Lipinski definition) is 8. The van der Waals surface area contributed by atoms with Gasteiger partial charge in [0.05, 0.1) is 29.9 Å². The third-order valence-corrected chi connectivity index (χ3v) is 6.75. The average molecular weight is 581 g/mol. The molecule has 2 heterocycles. The van der Waals surface area contributed by atoms with Crippen LogP contribution in [0.2, 0.25) is 5.02 Å². The van der Waals surface area contributed by atoms with Gasteiger partial charge >= 0.3 is 18.1 Å². The second-order valence-corrected chi connectivity index (χ2v) is 9.56. The largest absolute Gasteiger partial charge is 0.493 e. The molecule has 0 unspecified atom stereocenters. The SMILES string of the molecule is CCOC(=O)C1=C(C(F)(F)F)N=c2s/c(=C\c3ccc(OC(C)=O)c(OC)c3)c(=O)n2[C@H]1c1ccc(Cl)cc1. The van der Waals surface area contributed by atoms with Gasteiger partial charge in [0.15, 0.2) is 22.0 Å². The Balaban J connectivity index is 1.98. The summed E-state index contributed by atoms with van der Waals surface area (Å²) in [4.78, 5) is 41.3. The van der Waals surface area contributed by atoms with Crippen LogP contribution in [0.5, 0.6) is 11.5 Å². The Hall–Kier alpha value is -3.90. The standard InChI is InChI=1S/C26H20ClF3N2O6S/c1-4-37-24(35)20-21(15-6-8-16(27)9-7-15)32-23(34)19(39-25(32)31-22(20)26(28,29)30)12-14-5-10-17(38-13(2)33)18(11-14)36-3/h5-12,21H,4H2,1-3H3/b19-12-/t21-/m0/s1. The monoisotopic (exact) mass is 580 g/mol. The topological polar surface area (TPSA) is 96.2 Å². The van der Waals surface area contributed by atoms with Crippen molar-refractivity contribution in [3.05, 3.63) is 89.6 Å². The van der Waals surface area contributed by atoms with Gasteiger partial charge in [-0.2, -0.15) is 13.2 Å². The smallest absolute Gasteiger partial charge is 0.434 e. The highest BCUT2D eigenvalue weighted by Crippen LogP contribution is 2.38. The predicted molar refractivity (Wildman–Crippen MR) is 137 cm³/mol. The van der Waals surface area contributed by atoms with Crippen LogP contribution in [0, 0.1) is 0 Å². The van der Waals surface area contributed by atoms with Gasteiger partial charge in [0.2, 0.25) is 0 Å². The number of fused-ring (bicyclic) bond motifs is 1. The van der Waals surface area contributed by atoms with E-state index >= 15 is 0 Å². The van der Waals surface area contributed by atoms with Crippen LogP contribution in [-0.4, -0.2) is 36.4 Å². The number of carbonyl (C=O) groups excluding carboxylic acids is 2. The fraction of sp³-hybridized carbons (Fsp3) is 0.231. The van der Waals surface area contributed by atoms with E-state index in [9.17, 15) is 27.6 Å². The molecule has 0 saturated carbocycles. The minimum Gasteiger partial charge on any atom is -0.493 e. The first-order chi connectivity index (χ1) is 18.4. The molecule has 13 heteroatoms. The van der Waals surface area contributed by atoms with Gasteiger partial charge in [0.1, 0.15) is 0 Å². The molecule has 39 heavy (non-hydrogen) atoms. The molecular formula is C26H20ClF3N2O6S. The Morgan fingerprint density at radius 3 is 2.44 bits per heavy atom. The van der Waals surface area contributed by atoms with Crippen LogP contribution in [0.15, 0.2) is 63.5 Å². The van der Waals surface area contributed by atoms with Crippen LogP contribution >= 0.6 is 22.9 Å². The molecule has 1 aromatic heterocycles. The summed E-state index contributed by atoms with van der Waals surface area (Å²) in [6.07, 6.45) is -3.58. The van der Waals surface area contributed by atoms with Crippen molar-refractivity contribution in [2.75, 3.05) is 13.7 Å². The first-order valence-electron chi connectivity index (χ1n) is 11.4. The molecule has 204 valence electrons. The number of benzene rings is 2. The van der Waals surface area contributed by atoms with Crippen LogP contribution in [-0.2, 0) is 14.3 Å². The van der Waals surface area contributed by atoms with Gasteiger partial charge in [-0.05, 0) is 48.4 Å². The summed E-state index contributed by atoms with van der Waals surface area (Å²) in [5, 5.41) is 0.315. The zero-order valence-electron chi connectivity index (χ0n) is 20.7. The summed E-state index contributed by atoms with van der Waals surface area (Å²) in [5.41, 5.74) is -2.28. The molecule has 0 bridgehead atoms. The van der Waals surface area contributed by atoms with Gasteiger partial charge in [-0.15, -0.1) is 0 Å². The number of rotatable bonds is 6. The molecule has 1 aliphatic heterocycles. The first-order valence-corrected chi connectivity index (χ1v) is 12.6. The van der Waals surface area contributed by atoms with Gasteiger partial charge in [0.25, 0.3) is 5.56 Å². The van der Waals surface area contributed by atoms with Crippen molar-refractivity contribution in [3.8, 4) is 11.5 Å². The van der Waals surface area contributed by atoms with E-state index in [0.29, 0.717) is 10.6 Å². The second kappa shape index (κ2) is 11.1. The Bertz CT molecular complexity index is 1660. The lowest BCUT2D eigenvalue weighted by Crippen LogP contribution is -2.41. The number of thiazole rings is 1. The van der Waals surface area contributed by atoms with Crippen molar-refractivity contribution in [2.45, 2.75) is 26.1 Å². The number of hydrogen-bond donors (Lipinski definition) is 0. The van der Waals surface area contributed by atoms with Crippen LogP contribution < -0.4 is 24.4 Å². The maximum absolute atomic E-state index is 14.2. The van der Waals surface area contributed by atoms with Gasteiger partial charge in [-0.3, -0.25) is 14.2 Å². The van der Waals surface area contributed by atoms with E-state index in [-0.39, 0.29) is 33.0 Å². The summed E-state index contributed by atoms with van der Waals surface area (Å²) in [7, 11) is 1.36. The predicted octanol–water partition coefficient (Wildman–Crippen LogP) is 3.93. The Morgan fingerprint density at radius 1 is 1.15 bits per heavy atom. The summed E-state index contributed by atoms with van der Waals surface area (Å²) in [5.74, 6) is -1.45. The molecule has 0 N–H and O–H groups in total. The average Bonchev–Trinajstić information content (AvgIpc) is 3.18. The molecule has 0 radical (unpaired) electrons. The first kappa shape index (κ1) is 28.1. The van der Waals surface area contributed by atoms with Crippen molar-refractivity contribution < 1.29 is 37.0 Å². The summed E-state index contributed by atoms with van der Waals surface area (Å²) in [6.45, 7) is 2.50. The van der Waals surface area contributed by atoms with Crippen molar-refractivity contribution in [2.24, 2.45) is 4.99 Å². The summed E-state index contributed by atoms with van der Waals surface area (Å²) < 4.78 is 58.9. The van der Waals surface area contributed by atoms with E-state index in [4.69, 9.17) is 25.8 Å². The summed E-state index contributed by atoms with van der Waals surface area (Å²) >= 11 is 6.70. The Kier molecular flexibility index (Phi) is 7.98.